The lowest BCUT2D eigenvalue weighted by Crippen LogP contribution is -2.58. The number of likely N-dealkylation sites (tertiary alicyclic amines) is 1. The summed E-state index contributed by atoms with van der Waals surface area (Å²) < 4.78 is 5.16. The lowest BCUT2D eigenvalue weighted by molar-refractivity contribution is -0.241. The molecule has 2 N–H and O–H groups in total. The molecule has 1 amide bonds. The van der Waals surface area contributed by atoms with Gasteiger partial charge in [-0.1, -0.05) is 6.92 Å². The maximum atomic E-state index is 12.2. The predicted molar refractivity (Wildman–Crippen MR) is 65.9 cm³/mol. The normalized spacial score (nSPS) is 36.1. The summed E-state index contributed by atoms with van der Waals surface area (Å²) >= 11 is 0. The second-order valence-corrected chi connectivity index (χ2v) is 5.39. The molecule has 0 saturated carbocycles. The van der Waals surface area contributed by atoms with Gasteiger partial charge in [-0.25, -0.2) is 0 Å². The number of aliphatic hydroxyl groups excluding tert-OH is 1. The number of rotatable bonds is 2. The molecule has 3 atom stereocenters. The first kappa shape index (κ1) is 14.4. The van der Waals surface area contributed by atoms with Crippen LogP contribution in [0.4, 0.5) is 0 Å². The van der Waals surface area contributed by atoms with Crippen molar-refractivity contribution < 1.29 is 24.5 Å². The highest BCUT2D eigenvalue weighted by molar-refractivity contribution is 6.38. The average Bonchev–Trinajstić information content (AvgIpc) is 2.41. The molecule has 2 aliphatic heterocycles. The van der Waals surface area contributed by atoms with Gasteiger partial charge in [-0.05, 0) is 32.1 Å². The first-order valence-corrected chi connectivity index (χ1v) is 6.86. The summed E-state index contributed by atoms with van der Waals surface area (Å²) in [5.41, 5.74) is 0. The van der Waals surface area contributed by atoms with Crippen LogP contribution in [0.25, 0.3) is 0 Å². The van der Waals surface area contributed by atoms with Crippen molar-refractivity contribution in [2.24, 2.45) is 5.92 Å². The van der Waals surface area contributed by atoms with Crippen LogP contribution in [0.15, 0.2) is 0 Å². The molecule has 2 rings (SSSR count). The Morgan fingerprint density at radius 1 is 1.26 bits per heavy atom. The lowest BCUT2D eigenvalue weighted by Gasteiger charge is -2.38. The molecule has 0 bridgehead atoms. The molecule has 0 radical (unpaired) electrons. The lowest BCUT2D eigenvalue weighted by atomic mass is 9.89. The number of piperidine rings is 1. The van der Waals surface area contributed by atoms with Crippen molar-refractivity contribution in [2.45, 2.75) is 51.0 Å². The second-order valence-electron chi connectivity index (χ2n) is 5.39. The van der Waals surface area contributed by atoms with Crippen molar-refractivity contribution in [3.8, 4) is 0 Å². The maximum absolute atomic E-state index is 12.2. The number of carbonyl (C=O) groups is 2. The zero-order valence-electron chi connectivity index (χ0n) is 11.2. The van der Waals surface area contributed by atoms with Crippen LogP contribution in [0, 0.1) is 5.92 Å². The van der Waals surface area contributed by atoms with Crippen LogP contribution in [-0.2, 0) is 14.3 Å². The molecule has 0 spiro atoms. The number of hydrogen-bond acceptors (Lipinski definition) is 5. The van der Waals surface area contributed by atoms with Gasteiger partial charge in [0.2, 0.25) is 5.79 Å². The number of Topliss-reactive ketones (excluding diaryl/α,β-unsaturated/α-hetero) is 1. The van der Waals surface area contributed by atoms with Crippen LogP contribution in [0.3, 0.4) is 0 Å². The number of ether oxygens (including phenoxy) is 1. The van der Waals surface area contributed by atoms with E-state index < -0.39 is 29.6 Å². The minimum absolute atomic E-state index is 0.266. The van der Waals surface area contributed by atoms with E-state index in [4.69, 9.17) is 4.74 Å². The predicted octanol–water partition coefficient (Wildman–Crippen LogP) is 0.0215. The van der Waals surface area contributed by atoms with Crippen molar-refractivity contribution in [3.63, 3.8) is 0 Å². The highest BCUT2D eigenvalue weighted by Gasteiger charge is 2.49. The Balaban J connectivity index is 2.11. The fourth-order valence-electron chi connectivity index (χ4n) is 2.68. The third-order valence-electron chi connectivity index (χ3n) is 4.02. The Kier molecular flexibility index (Phi) is 4.23. The molecule has 0 aromatic carbocycles. The highest BCUT2D eigenvalue weighted by atomic mass is 16.6. The largest absolute Gasteiger partial charge is 0.374 e. The van der Waals surface area contributed by atoms with Crippen molar-refractivity contribution in [3.05, 3.63) is 0 Å². The second kappa shape index (κ2) is 5.56. The first-order valence-electron chi connectivity index (χ1n) is 6.86. The molecule has 2 saturated heterocycles. The van der Waals surface area contributed by atoms with E-state index in [0.717, 1.165) is 24.2 Å². The molecule has 19 heavy (non-hydrogen) atoms. The van der Waals surface area contributed by atoms with Crippen molar-refractivity contribution in [2.75, 3.05) is 13.2 Å². The Hall–Kier alpha value is -0.980. The van der Waals surface area contributed by atoms with Crippen molar-refractivity contribution in [1.29, 1.82) is 0 Å². The van der Waals surface area contributed by atoms with E-state index in [0.29, 0.717) is 19.4 Å². The van der Waals surface area contributed by atoms with Gasteiger partial charge in [0.1, 0.15) is 6.23 Å². The van der Waals surface area contributed by atoms with Crippen molar-refractivity contribution in [1.82, 2.24) is 4.90 Å². The van der Waals surface area contributed by atoms with E-state index in [2.05, 4.69) is 0 Å². The van der Waals surface area contributed by atoms with E-state index in [9.17, 15) is 19.8 Å². The topological polar surface area (TPSA) is 87.1 Å². The molecule has 6 heteroatoms. The smallest absolute Gasteiger partial charge is 0.297 e. The molecule has 108 valence electrons. The number of amides is 1. The van der Waals surface area contributed by atoms with Crippen LogP contribution >= 0.6 is 0 Å². The summed E-state index contributed by atoms with van der Waals surface area (Å²) in [5.74, 6) is -4.25. The zero-order chi connectivity index (χ0) is 14.0. The van der Waals surface area contributed by atoms with Crippen LogP contribution in [0.5, 0.6) is 0 Å². The third kappa shape index (κ3) is 2.66. The van der Waals surface area contributed by atoms with Gasteiger partial charge in [0.25, 0.3) is 11.7 Å². The van der Waals surface area contributed by atoms with Crippen molar-refractivity contribution >= 4 is 11.7 Å². The van der Waals surface area contributed by atoms with Crippen LogP contribution in [-0.4, -0.2) is 52.0 Å². The van der Waals surface area contributed by atoms with Crippen LogP contribution in [0.1, 0.15) is 39.0 Å². The molecule has 2 aliphatic rings. The number of hydrogen-bond donors (Lipinski definition) is 2. The van der Waals surface area contributed by atoms with E-state index in [-0.39, 0.29) is 6.61 Å². The first-order chi connectivity index (χ1) is 8.97. The van der Waals surface area contributed by atoms with Gasteiger partial charge in [0, 0.05) is 12.5 Å². The van der Waals surface area contributed by atoms with Crippen LogP contribution in [0.2, 0.25) is 0 Å². The molecule has 0 aliphatic carbocycles. The minimum Gasteiger partial charge on any atom is -0.374 e. The van der Waals surface area contributed by atoms with E-state index in [1.165, 1.54) is 0 Å². The van der Waals surface area contributed by atoms with Gasteiger partial charge in [0.05, 0.1) is 6.61 Å². The Morgan fingerprint density at radius 2 is 2.00 bits per heavy atom. The molecule has 0 aromatic heterocycles. The SMILES string of the molecule is CC1CCCOC1(O)C(=O)C(=O)N1CCCCC1O. The average molecular weight is 271 g/mol. The Bertz CT molecular complexity index is 372. The summed E-state index contributed by atoms with van der Waals surface area (Å²) in [6.45, 7) is 2.30. The molecule has 2 heterocycles. The maximum Gasteiger partial charge on any atom is 0.297 e. The number of nitrogens with zero attached hydrogens (tertiary/aromatic N) is 1. The fourth-order valence-corrected chi connectivity index (χ4v) is 2.68. The van der Waals surface area contributed by atoms with Gasteiger partial charge >= 0.3 is 0 Å². The van der Waals surface area contributed by atoms with Gasteiger partial charge < -0.3 is 19.8 Å². The summed E-state index contributed by atoms with van der Waals surface area (Å²) in [5, 5.41) is 20.1. The Morgan fingerprint density at radius 3 is 2.63 bits per heavy atom. The summed E-state index contributed by atoms with van der Waals surface area (Å²) in [7, 11) is 0. The summed E-state index contributed by atoms with van der Waals surface area (Å²) in [4.78, 5) is 25.5. The van der Waals surface area contributed by atoms with E-state index >= 15 is 0 Å². The summed E-state index contributed by atoms with van der Waals surface area (Å²) in [6, 6.07) is 0. The molecule has 2 fully saturated rings. The third-order valence-corrected chi connectivity index (χ3v) is 4.02. The molecular formula is C13H21NO5. The van der Waals surface area contributed by atoms with E-state index in [1.54, 1.807) is 6.92 Å². The minimum atomic E-state index is -2.04. The van der Waals surface area contributed by atoms with Gasteiger partial charge in [-0.3, -0.25) is 9.59 Å². The van der Waals surface area contributed by atoms with Gasteiger partial charge in [0.15, 0.2) is 0 Å². The fraction of sp³-hybridized carbons (Fsp3) is 0.846. The van der Waals surface area contributed by atoms with Crippen LogP contribution < -0.4 is 0 Å². The van der Waals surface area contributed by atoms with Gasteiger partial charge in [-0.2, -0.15) is 0 Å². The number of aliphatic hydroxyl groups is 2. The number of ketones is 1. The molecule has 6 nitrogen and oxygen atoms in total. The van der Waals surface area contributed by atoms with E-state index in [1.807, 2.05) is 0 Å². The standard InChI is InChI=1S/C13H21NO5/c1-9-5-4-8-19-13(9,18)11(16)12(17)14-7-3-2-6-10(14)15/h9-10,15,18H,2-8H2,1H3. The highest BCUT2D eigenvalue weighted by Crippen LogP contribution is 2.30. The molecular weight excluding hydrogens is 250 g/mol. The quantitative estimate of drug-likeness (QED) is 0.691. The molecule has 0 aromatic rings. The van der Waals surface area contributed by atoms with Gasteiger partial charge in [-0.15, -0.1) is 0 Å². The summed E-state index contributed by atoms with van der Waals surface area (Å²) in [6.07, 6.45) is 2.51. The number of carbonyl (C=O) groups excluding carboxylic acids is 2. The molecule has 3 unspecified atom stereocenters. The monoisotopic (exact) mass is 271 g/mol. The zero-order valence-corrected chi connectivity index (χ0v) is 11.2. The Labute approximate surface area is 112 Å².